The number of anilines is 1. The third kappa shape index (κ3) is 7.10. The molecule has 1 fully saturated rings. The quantitative estimate of drug-likeness (QED) is 0.322. The smallest absolute Gasteiger partial charge is 0.416 e. The molecule has 0 bridgehead atoms. The summed E-state index contributed by atoms with van der Waals surface area (Å²) in [4.78, 5) is 34.9. The highest BCUT2D eigenvalue weighted by Gasteiger charge is 2.25. The van der Waals surface area contributed by atoms with Gasteiger partial charge in [-0.05, 0) is 55.0 Å². The molecular weight excluding hydrogens is 496 g/mol. The van der Waals surface area contributed by atoms with E-state index in [1.54, 1.807) is 47.5 Å². The van der Waals surface area contributed by atoms with Gasteiger partial charge in [0, 0.05) is 49.8 Å². The molecule has 1 aliphatic heterocycles. The molecule has 9 heteroatoms. The molecule has 2 aromatic heterocycles. The molecule has 5 rings (SSSR count). The van der Waals surface area contributed by atoms with Crippen molar-refractivity contribution in [3.63, 3.8) is 0 Å². The molecule has 198 valence electrons. The van der Waals surface area contributed by atoms with Crippen molar-refractivity contribution in [2.24, 2.45) is 0 Å². The number of piperidine rings is 1. The van der Waals surface area contributed by atoms with Crippen molar-refractivity contribution in [3.8, 4) is 23.3 Å². The second-order valence-electron chi connectivity index (χ2n) is 9.12. The standard InChI is InChI=1S/C30H28N4O5/c1-21-7-13-27(31-19-21)38-25-11-9-24(10-12-25)37-26-15-17-34(18-16-26)30(36)39-28-14-8-23(20-32-28)33-29(35)22-5-3-2-4-6-22/h2-14,19-20,26H,15-18H2,1H3,(H,33,35). The summed E-state index contributed by atoms with van der Waals surface area (Å²) in [5.41, 5.74) is 2.12. The molecule has 0 radical (unpaired) electrons. The molecule has 0 unspecified atom stereocenters. The first-order valence-corrected chi connectivity index (χ1v) is 12.7. The van der Waals surface area contributed by atoms with Crippen molar-refractivity contribution >= 4 is 17.7 Å². The average molecular weight is 525 g/mol. The Morgan fingerprint density at radius 1 is 0.821 bits per heavy atom. The second-order valence-corrected chi connectivity index (χ2v) is 9.12. The maximum atomic E-state index is 12.6. The zero-order chi connectivity index (χ0) is 27.0. The summed E-state index contributed by atoms with van der Waals surface area (Å²) in [5.74, 6) is 1.88. The summed E-state index contributed by atoms with van der Waals surface area (Å²) in [6.45, 7) is 2.99. The fourth-order valence-corrected chi connectivity index (χ4v) is 4.03. The van der Waals surface area contributed by atoms with E-state index in [-0.39, 0.29) is 17.9 Å². The molecule has 1 aliphatic rings. The Morgan fingerprint density at radius 2 is 1.51 bits per heavy atom. The van der Waals surface area contributed by atoms with Gasteiger partial charge in [-0.25, -0.2) is 14.8 Å². The Labute approximate surface area is 226 Å². The molecule has 1 saturated heterocycles. The average Bonchev–Trinajstić information content (AvgIpc) is 2.97. The number of benzene rings is 2. The Bertz CT molecular complexity index is 1390. The number of aryl methyl sites for hydroxylation is 1. The highest BCUT2D eigenvalue weighted by Crippen LogP contribution is 2.25. The lowest BCUT2D eigenvalue weighted by Crippen LogP contribution is -2.43. The van der Waals surface area contributed by atoms with Crippen LogP contribution in [0, 0.1) is 6.92 Å². The van der Waals surface area contributed by atoms with Crippen LogP contribution < -0.4 is 19.5 Å². The van der Waals surface area contributed by atoms with E-state index < -0.39 is 6.09 Å². The van der Waals surface area contributed by atoms with E-state index in [0.717, 1.165) is 11.3 Å². The molecule has 9 nitrogen and oxygen atoms in total. The van der Waals surface area contributed by atoms with Gasteiger partial charge < -0.3 is 24.4 Å². The van der Waals surface area contributed by atoms with Crippen LogP contribution in [0.4, 0.5) is 10.5 Å². The number of amides is 2. The van der Waals surface area contributed by atoms with Crippen molar-refractivity contribution in [1.82, 2.24) is 14.9 Å². The highest BCUT2D eigenvalue weighted by molar-refractivity contribution is 6.04. The van der Waals surface area contributed by atoms with Crippen LogP contribution in [-0.2, 0) is 0 Å². The number of pyridine rings is 2. The number of aromatic nitrogens is 2. The molecule has 0 aliphatic carbocycles. The summed E-state index contributed by atoms with van der Waals surface area (Å²) in [5, 5.41) is 2.77. The number of hydrogen-bond donors (Lipinski definition) is 1. The van der Waals surface area contributed by atoms with Crippen LogP contribution >= 0.6 is 0 Å². The van der Waals surface area contributed by atoms with E-state index in [1.165, 1.54) is 6.20 Å². The van der Waals surface area contributed by atoms with Gasteiger partial charge in [0.15, 0.2) is 0 Å². The molecule has 4 aromatic rings. The van der Waals surface area contributed by atoms with Crippen molar-refractivity contribution in [2.45, 2.75) is 25.9 Å². The summed E-state index contributed by atoms with van der Waals surface area (Å²) in [7, 11) is 0. The van der Waals surface area contributed by atoms with Gasteiger partial charge in [-0.1, -0.05) is 24.3 Å². The van der Waals surface area contributed by atoms with Gasteiger partial charge >= 0.3 is 6.09 Å². The monoisotopic (exact) mass is 524 g/mol. The van der Waals surface area contributed by atoms with Crippen LogP contribution in [0.5, 0.6) is 23.3 Å². The molecule has 0 atom stereocenters. The fraction of sp³-hybridized carbons (Fsp3) is 0.200. The number of nitrogens with zero attached hydrogens (tertiary/aromatic N) is 3. The number of likely N-dealkylation sites (tertiary alicyclic amines) is 1. The Kier molecular flexibility index (Phi) is 7.97. The number of carbonyl (C=O) groups excluding carboxylic acids is 2. The third-order valence-corrected chi connectivity index (χ3v) is 6.16. The van der Waals surface area contributed by atoms with E-state index in [1.807, 2.05) is 49.4 Å². The molecule has 1 N–H and O–H groups in total. The minimum Gasteiger partial charge on any atom is -0.490 e. The first-order valence-electron chi connectivity index (χ1n) is 12.7. The van der Waals surface area contributed by atoms with Gasteiger partial charge in [0.25, 0.3) is 5.91 Å². The van der Waals surface area contributed by atoms with E-state index in [9.17, 15) is 9.59 Å². The van der Waals surface area contributed by atoms with E-state index in [4.69, 9.17) is 14.2 Å². The molecule has 0 saturated carbocycles. The van der Waals surface area contributed by atoms with Crippen molar-refractivity contribution in [1.29, 1.82) is 0 Å². The van der Waals surface area contributed by atoms with Crippen molar-refractivity contribution < 1.29 is 23.8 Å². The zero-order valence-electron chi connectivity index (χ0n) is 21.4. The lowest BCUT2D eigenvalue weighted by molar-refractivity contribution is 0.0922. The zero-order valence-corrected chi connectivity index (χ0v) is 21.4. The molecule has 2 amide bonds. The topological polar surface area (TPSA) is 103 Å². The Hall–Kier alpha value is -4.92. The number of ether oxygens (including phenoxy) is 3. The van der Waals surface area contributed by atoms with Gasteiger partial charge in [0.1, 0.15) is 17.6 Å². The van der Waals surface area contributed by atoms with E-state index >= 15 is 0 Å². The van der Waals surface area contributed by atoms with Crippen molar-refractivity contribution in [3.05, 3.63) is 102 Å². The molecular formula is C30H28N4O5. The first-order chi connectivity index (χ1) is 19.0. The second kappa shape index (κ2) is 12.1. The minimum atomic E-state index is -0.465. The van der Waals surface area contributed by atoms with E-state index in [2.05, 4.69) is 15.3 Å². The van der Waals surface area contributed by atoms with Gasteiger partial charge in [-0.3, -0.25) is 4.79 Å². The summed E-state index contributed by atoms with van der Waals surface area (Å²) < 4.78 is 17.3. The predicted octanol–water partition coefficient (Wildman–Crippen LogP) is 5.87. The van der Waals surface area contributed by atoms with Crippen LogP contribution in [0.3, 0.4) is 0 Å². The van der Waals surface area contributed by atoms with Gasteiger partial charge in [0.2, 0.25) is 11.8 Å². The van der Waals surface area contributed by atoms with Crippen LogP contribution in [0.15, 0.2) is 91.3 Å². The van der Waals surface area contributed by atoms with Gasteiger partial charge in [-0.15, -0.1) is 0 Å². The van der Waals surface area contributed by atoms with Crippen LogP contribution in [0.25, 0.3) is 0 Å². The van der Waals surface area contributed by atoms with Crippen LogP contribution in [0.2, 0.25) is 0 Å². The van der Waals surface area contributed by atoms with Crippen molar-refractivity contribution in [2.75, 3.05) is 18.4 Å². The molecule has 0 spiro atoms. The lowest BCUT2D eigenvalue weighted by Gasteiger charge is -2.31. The predicted molar refractivity (Wildman–Crippen MR) is 145 cm³/mol. The minimum absolute atomic E-state index is 0.00906. The summed E-state index contributed by atoms with van der Waals surface area (Å²) in [6.07, 6.45) is 4.10. The van der Waals surface area contributed by atoms with E-state index in [0.29, 0.717) is 48.8 Å². The van der Waals surface area contributed by atoms with Crippen LogP contribution in [-0.4, -0.2) is 46.1 Å². The molecule has 3 heterocycles. The number of hydrogen-bond acceptors (Lipinski definition) is 7. The number of nitrogens with one attached hydrogen (secondary N) is 1. The Morgan fingerprint density at radius 3 is 2.18 bits per heavy atom. The summed E-state index contributed by atoms with van der Waals surface area (Å²) in [6, 6.07) is 23.3. The maximum Gasteiger partial charge on any atom is 0.416 e. The fourth-order valence-electron chi connectivity index (χ4n) is 4.03. The molecule has 2 aromatic carbocycles. The maximum absolute atomic E-state index is 12.6. The number of rotatable bonds is 7. The highest BCUT2D eigenvalue weighted by atomic mass is 16.6. The van der Waals surface area contributed by atoms with Gasteiger partial charge in [0.05, 0.1) is 11.9 Å². The first kappa shape index (κ1) is 25.7. The molecule has 39 heavy (non-hydrogen) atoms. The Balaban J connectivity index is 1.05. The summed E-state index contributed by atoms with van der Waals surface area (Å²) >= 11 is 0. The SMILES string of the molecule is Cc1ccc(Oc2ccc(OC3CCN(C(=O)Oc4ccc(NC(=O)c5ccccc5)cn4)CC3)cc2)nc1. The van der Waals surface area contributed by atoms with Crippen LogP contribution in [0.1, 0.15) is 28.8 Å². The number of carbonyl (C=O) groups is 2. The largest absolute Gasteiger partial charge is 0.490 e. The third-order valence-electron chi connectivity index (χ3n) is 6.16. The van der Waals surface area contributed by atoms with Gasteiger partial charge in [-0.2, -0.15) is 0 Å². The normalized spacial score (nSPS) is 13.4. The lowest BCUT2D eigenvalue weighted by atomic mass is 10.1.